The van der Waals surface area contributed by atoms with Gasteiger partial charge in [-0.3, -0.25) is 9.59 Å². The summed E-state index contributed by atoms with van der Waals surface area (Å²) in [6.07, 6.45) is 3.98. The molecule has 0 saturated heterocycles. The largest absolute Gasteiger partial charge is 0.493 e. The number of methoxy groups -OCH3 is 1. The van der Waals surface area contributed by atoms with Gasteiger partial charge in [0.05, 0.1) is 38.0 Å². The standard InChI is InChI=1S/C25H29NO6/c1-3-31-22(27)11-6-4-5-7-16-32-21-10-8-9-19-17-26(24(28)23(19)21)20-14-12-18(13-15-20)25(29)30-2/h8-10,12-15H,3-7,11,16-17H2,1-2H3. The summed E-state index contributed by atoms with van der Waals surface area (Å²) in [5.74, 6) is -0.0840. The van der Waals surface area contributed by atoms with Gasteiger partial charge in [0.25, 0.3) is 5.91 Å². The first-order valence-electron chi connectivity index (χ1n) is 11.0. The van der Waals surface area contributed by atoms with Gasteiger partial charge in [0.15, 0.2) is 0 Å². The molecule has 7 nitrogen and oxygen atoms in total. The van der Waals surface area contributed by atoms with Crippen LogP contribution in [0.25, 0.3) is 0 Å². The van der Waals surface area contributed by atoms with Gasteiger partial charge in [-0.25, -0.2) is 4.79 Å². The van der Waals surface area contributed by atoms with E-state index in [1.807, 2.05) is 18.2 Å². The molecule has 0 bridgehead atoms. The average Bonchev–Trinajstić information content (AvgIpc) is 3.15. The van der Waals surface area contributed by atoms with Gasteiger partial charge >= 0.3 is 11.9 Å². The zero-order valence-corrected chi connectivity index (χ0v) is 18.6. The molecule has 7 heteroatoms. The predicted octanol–water partition coefficient (Wildman–Crippen LogP) is 4.53. The Bertz CT molecular complexity index is 953. The number of carbonyl (C=O) groups excluding carboxylic acids is 3. The lowest BCUT2D eigenvalue weighted by Crippen LogP contribution is -2.23. The van der Waals surface area contributed by atoms with Crippen molar-refractivity contribution in [2.24, 2.45) is 0 Å². The first-order chi connectivity index (χ1) is 15.5. The lowest BCUT2D eigenvalue weighted by molar-refractivity contribution is -0.143. The Balaban J connectivity index is 1.53. The van der Waals surface area contributed by atoms with Crippen LogP contribution in [-0.4, -0.2) is 38.2 Å². The first-order valence-corrected chi connectivity index (χ1v) is 11.0. The number of hydrogen-bond donors (Lipinski definition) is 0. The number of anilines is 1. The van der Waals surface area contributed by atoms with Crippen molar-refractivity contribution in [3.8, 4) is 5.75 Å². The molecule has 3 rings (SSSR count). The molecule has 1 aliphatic heterocycles. The summed E-state index contributed by atoms with van der Waals surface area (Å²) >= 11 is 0. The topological polar surface area (TPSA) is 82.1 Å². The number of ether oxygens (including phenoxy) is 3. The van der Waals surface area contributed by atoms with Crippen molar-refractivity contribution < 1.29 is 28.6 Å². The third-order valence-corrected chi connectivity index (χ3v) is 5.34. The van der Waals surface area contributed by atoms with E-state index in [0.717, 1.165) is 31.2 Å². The molecule has 1 heterocycles. The van der Waals surface area contributed by atoms with Gasteiger partial charge < -0.3 is 19.1 Å². The SMILES string of the molecule is CCOC(=O)CCCCCCOc1cccc2c1C(=O)N(c1ccc(C(=O)OC)cc1)C2. The highest BCUT2D eigenvalue weighted by Crippen LogP contribution is 2.34. The maximum absolute atomic E-state index is 13.1. The highest BCUT2D eigenvalue weighted by Gasteiger charge is 2.31. The fourth-order valence-corrected chi connectivity index (χ4v) is 3.69. The molecule has 2 aromatic carbocycles. The molecule has 0 N–H and O–H groups in total. The van der Waals surface area contributed by atoms with Gasteiger partial charge in [0.1, 0.15) is 5.75 Å². The summed E-state index contributed by atoms with van der Waals surface area (Å²) in [7, 11) is 1.34. The van der Waals surface area contributed by atoms with Gasteiger partial charge in [0.2, 0.25) is 0 Å². The van der Waals surface area contributed by atoms with E-state index >= 15 is 0 Å². The Kier molecular flexibility index (Phi) is 8.25. The second-order valence-electron chi connectivity index (χ2n) is 7.54. The number of benzene rings is 2. The van der Waals surface area contributed by atoms with Crippen molar-refractivity contribution >= 4 is 23.5 Å². The van der Waals surface area contributed by atoms with Crippen LogP contribution in [0.3, 0.4) is 0 Å². The van der Waals surface area contributed by atoms with Crippen molar-refractivity contribution in [1.82, 2.24) is 0 Å². The minimum atomic E-state index is -0.413. The summed E-state index contributed by atoms with van der Waals surface area (Å²) in [6.45, 7) is 3.19. The maximum Gasteiger partial charge on any atom is 0.337 e. The van der Waals surface area contributed by atoms with E-state index < -0.39 is 5.97 Å². The van der Waals surface area contributed by atoms with E-state index in [2.05, 4.69) is 0 Å². The summed E-state index contributed by atoms with van der Waals surface area (Å²) in [6, 6.07) is 12.4. The van der Waals surface area contributed by atoms with Crippen molar-refractivity contribution in [3.05, 3.63) is 59.2 Å². The minimum Gasteiger partial charge on any atom is -0.493 e. The first kappa shape index (κ1) is 23.3. The van der Waals surface area contributed by atoms with Crippen LogP contribution in [0.1, 0.15) is 65.3 Å². The summed E-state index contributed by atoms with van der Waals surface area (Å²) in [5, 5.41) is 0. The smallest absolute Gasteiger partial charge is 0.337 e. The second-order valence-corrected chi connectivity index (χ2v) is 7.54. The van der Waals surface area contributed by atoms with Crippen LogP contribution >= 0.6 is 0 Å². The fourth-order valence-electron chi connectivity index (χ4n) is 3.69. The zero-order valence-electron chi connectivity index (χ0n) is 18.6. The Labute approximate surface area is 188 Å². The molecule has 0 saturated carbocycles. The highest BCUT2D eigenvalue weighted by atomic mass is 16.5. The number of unbranched alkanes of at least 4 members (excludes halogenated alkanes) is 3. The Morgan fingerprint density at radius 3 is 2.47 bits per heavy atom. The van der Waals surface area contributed by atoms with Gasteiger partial charge in [-0.15, -0.1) is 0 Å². The van der Waals surface area contributed by atoms with E-state index in [1.165, 1.54) is 7.11 Å². The molecular weight excluding hydrogens is 410 g/mol. The molecule has 0 radical (unpaired) electrons. The molecule has 0 atom stereocenters. The quantitative estimate of drug-likeness (QED) is 0.378. The molecule has 0 fully saturated rings. The molecule has 2 aromatic rings. The molecule has 32 heavy (non-hydrogen) atoms. The molecule has 0 unspecified atom stereocenters. The lowest BCUT2D eigenvalue weighted by atomic mass is 10.1. The van der Waals surface area contributed by atoms with Crippen LogP contribution < -0.4 is 9.64 Å². The number of hydrogen-bond acceptors (Lipinski definition) is 6. The van der Waals surface area contributed by atoms with E-state index in [4.69, 9.17) is 14.2 Å². The number of amides is 1. The normalized spacial score (nSPS) is 12.4. The second kappa shape index (κ2) is 11.3. The van der Waals surface area contributed by atoms with Crippen molar-refractivity contribution in [3.63, 3.8) is 0 Å². The monoisotopic (exact) mass is 439 g/mol. The molecule has 1 aliphatic rings. The fraction of sp³-hybridized carbons (Fsp3) is 0.400. The maximum atomic E-state index is 13.1. The number of esters is 2. The van der Waals surface area contributed by atoms with Crippen molar-refractivity contribution in [1.29, 1.82) is 0 Å². The van der Waals surface area contributed by atoms with Gasteiger partial charge in [-0.1, -0.05) is 25.0 Å². The molecule has 170 valence electrons. The van der Waals surface area contributed by atoms with E-state index in [0.29, 0.717) is 48.7 Å². The summed E-state index contributed by atoms with van der Waals surface area (Å²) in [4.78, 5) is 37.7. The molecule has 0 aromatic heterocycles. The molecule has 1 amide bonds. The number of fused-ring (bicyclic) bond motifs is 1. The summed E-state index contributed by atoms with van der Waals surface area (Å²) < 4.78 is 15.6. The number of carbonyl (C=O) groups is 3. The minimum absolute atomic E-state index is 0.115. The van der Waals surface area contributed by atoms with Gasteiger partial charge in [-0.2, -0.15) is 0 Å². The lowest BCUT2D eigenvalue weighted by Gasteiger charge is -2.16. The van der Waals surface area contributed by atoms with Gasteiger partial charge in [0, 0.05) is 12.1 Å². The van der Waals surface area contributed by atoms with Crippen LogP contribution in [0, 0.1) is 0 Å². The van der Waals surface area contributed by atoms with Crippen LogP contribution in [0.5, 0.6) is 5.75 Å². The van der Waals surface area contributed by atoms with Crippen molar-refractivity contribution in [2.75, 3.05) is 25.2 Å². The third-order valence-electron chi connectivity index (χ3n) is 5.34. The number of nitrogens with zero attached hydrogens (tertiary/aromatic N) is 1. The van der Waals surface area contributed by atoms with Crippen LogP contribution in [0.2, 0.25) is 0 Å². The third kappa shape index (κ3) is 5.66. The average molecular weight is 440 g/mol. The molecule has 0 spiro atoms. The predicted molar refractivity (Wildman–Crippen MR) is 120 cm³/mol. The van der Waals surface area contributed by atoms with Crippen LogP contribution in [0.15, 0.2) is 42.5 Å². The molecule has 0 aliphatic carbocycles. The Morgan fingerprint density at radius 2 is 1.75 bits per heavy atom. The van der Waals surface area contributed by atoms with E-state index in [9.17, 15) is 14.4 Å². The van der Waals surface area contributed by atoms with Crippen molar-refractivity contribution in [2.45, 2.75) is 45.6 Å². The van der Waals surface area contributed by atoms with E-state index in [1.54, 1.807) is 36.1 Å². The highest BCUT2D eigenvalue weighted by molar-refractivity contribution is 6.11. The summed E-state index contributed by atoms with van der Waals surface area (Å²) in [5.41, 5.74) is 2.66. The van der Waals surface area contributed by atoms with E-state index in [-0.39, 0.29) is 11.9 Å². The Hall–Kier alpha value is -3.35. The van der Waals surface area contributed by atoms with Gasteiger partial charge in [-0.05, 0) is 55.7 Å². The number of rotatable bonds is 11. The zero-order chi connectivity index (χ0) is 22.9. The van der Waals surface area contributed by atoms with Crippen LogP contribution in [0.4, 0.5) is 5.69 Å². The molecular formula is C25H29NO6. The Morgan fingerprint density at radius 1 is 1.00 bits per heavy atom. The van der Waals surface area contributed by atoms with Crippen LogP contribution in [-0.2, 0) is 20.8 Å².